The van der Waals surface area contributed by atoms with Crippen molar-refractivity contribution >= 4 is 5.91 Å². The van der Waals surface area contributed by atoms with Crippen LogP contribution in [0, 0.1) is 0 Å². The lowest BCUT2D eigenvalue weighted by atomic mass is 10.3. The number of carbonyl (C=O) groups is 1. The van der Waals surface area contributed by atoms with Crippen LogP contribution in [0.1, 0.15) is 13.3 Å². The molecule has 3 unspecified atom stereocenters. The Morgan fingerprint density at radius 2 is 2.42 bits per heavy atom. The Morgan fingerprint density at radius 3 is 3.17 bits per heavy atom. The Morgan fingerprint density at radius 1 is 1.67 bits per heavy atom. The summed E-state index contributed by atoms with van der Waals surface area (Å²) in [5, 5.41) is 7.72. The summed E-state index contributed by atoms with van der Waals surface area (Å²) < 4.78 is 0. The third-order valence-electron chi connectivity index (χ3n) is 2.08. The first-order chi connectivity index (χ1) is 5.66. The van der Waals surface area contributed by atoms with Gasteiger partial charge in [0.2, 0.25) is 5.91 Å². The molecule has 3 atom stereocenters. The van der Waals surface area contributed by atoms with Gasteiger partial charge in [-0.3, -0.25) is 10.1 Å². The van der Waals surface area contributed by atoms with Crippen molar-refractivity contribution in [1.29, 1.82) is 0 Å². The van der Waals surface area contributed by atoms with E-state index in [4.69, 9.17) is 5.73 Å². The molecule has 0 aliphatic carbocycles. The predicted molar refractivity (Wildman–Crippen MR) is 42.1 cm³/mol. The van der Waals surface area contributed by atoms with Gasteiger partial charge in [-0.2, -0.15) is 5.01 Å². The second-order valence-electron chi connectivity index (χ2n) is 3.17. The first-order valence-corrected chi connectivity index (χ1v) is 4.02. The molecule has 2 fully saturated rings. The van der Waals surface area contributed by atoms with E-state index in [1.807, 2.05) is 11.9 Å². The van der Waals surface area contributed by atoms with Gasteiger partial charge < -0.3 is 11.1 Å². The Balaban J connectivity index is 2.10. The van der Waals surface area contributed by atoms with Crippen molar-refractivity contribution in [3.63, 3.8) is 0 Å². The fraction of sp³-hybridized carbons (Fsp3) is 0.833. The van der Waals surface area contributed by atoms with Gasteiger partial charge in [-0.05, 0) is 6.92 Å². The van der Waals surface area contributed by atoms with E-state index < -0.39 is 0 Å². The normalized spacial score (nSPS) is 42.5. The van der Waals surface area contributed by atoms with E-state index in [1.165, 1.54) is 0 Å². The molecular weight excluding hydrogens is 158 g/mol. The molecule has 6 nitrogen and oxygen atoms in total. The van der Waals surface area contributed by atoms with Gasteiger partial charge in [0.1, 0.15) is 0 Å². The van der Waals surface area contributed by atoms with Gasteiger partial charge in [-0.25, -0.2) is 5.43 Å². The van der Waals surface area contributed by atoms with Crippen molar-refractivity contribution in [2.24, 2.45) is 5.73 Å². The molecule has 2 aliphatic heterocycles. The van der Waals surface area contributed by atoms with Gasteiger partial charge in [0.25, 0.3) is 0 Å². The average Bonchev–Trinajstić information content (AvgIpc) is 2.29. The summed E-state index contributed by atoms with van der Waals surface area (Å²) >= 11 is 0. The third kappa shape index (κ3) is 1.18. The molecule has 0 bridgehead atoms. The first kappa shape index (κ1) is 7.93. The number of hydrazine groups is 1. The number of amides is 1. The van der Waals surface area contributed by atoms with Crippen molar-refractivity contribution in [3.05, 3.63) is 0 Å². The van der Waals surface area contributed by atoms with Crippen LogP contribution in [0.15, 0.2) is 0 Å². The highest BCUT2D eigenvalue weighted by molar-refractivity contribution is 5.77. The molecule has 2 heterocycles. The maximum atomic E-state index is 11.0. The molecule has 1 amide bonds. The fourth-order valence-electron chi connectivity index (χ4n) is 1.55. The van der Waals surface area contributed by atoms with Crippen LogP contribution in [-0.4, -0.2) is 29.5 Å². The first-order valence-electron chi connectivity index (χ1n) is 4.02. The molecule has 6 heteroatoms. The van der Waals surface area contributed by atoms with Crippen LogP contribution < -0.4 is 21.8 Å². The second-order valence-corrected chi connectivity index (χ2v) is 3.17. The van der Waals surface area contributed by atoms with Crippen LogP contribution in [0.4, 0.5) is 0 Å². The Labute approximate surface area is 70.4 Å². The van der Waals surface area contributed by atoms with Gasteiger partial charge in [0.05, 0.1) is 18.8 Å². The number of carbonyl (C=O) groups excluding carboxylic acids is 1. The average molecular weight is 171 g/mol. The number of hydrogen-bond acceptors (Lipinski definition) is 5. The van der Waals surface area contributed by atoms with Crippen molar-refractivity contribution in [3.8, 4) is 0 Å². The smallest absolute Gasteiger partial charge is 0.225 e. The van der Waals surface area contributed by atoms with E-state index in [0.29, 0.717) is 6.42 Å². The van der Waals surface area contributed by atoms with E-state index in [9.17, 15) is 4.79 Å². The molecular formula is C6H13N5O. The Kier molecular flexibility index (Phi) is 1.76. The number of nitrogens with one attached hydrogen (secondary N) is 3. The van der Waals surface area contributed by atoms with E-state index in [2.05, 4.69) is 16.1 Å². The maximum Gasteiger partial charge on any atom is 0.225 e. The van der Waals surface area contributed by atoms with E-state index in [-0.39, 0.29) is 24.5 Å². The molecule has 0 spiro atoms. The number of nitrogens with two attached hydrogens (primary N) is 1. The lowest BCUT2D eigenvalue weighted by Gasteiger charge is -2.33. The molecule has 0 aromatic rings. The van der Waals surface area contributed by atoms with Crippen LogP contribution in [0.3, 0.4) is 0 Å². The van der Waals surface area contributed by atoms with Crippen molar-refractivity contribution in [2.45, 2.75) is 32.0 Å². The Hall–Kier alpha value is -0.690. The van der Waals surface area contributed by atoms with Crippen LogP contribution in [-0.2, 0) is 4.79 Å². The minimum atomic E-state index is -0.235. The quantitative estimate of drug-likeness (QED) is 0.333. The van der Waals surface area contributed by atoms with E-state index in [1.54, 1.807) is 0 Å². The van der Waals surface area contributed by atoms with Crippen LogP contribution in [0.25, 0.3) is 0 Å². The highest BCUT2D eigenvalue weighted by Crippen LogP contribution is 2.10. The van der Waals surface area contributed by atoms with Crippen LogP contribution in [0.5, 0.6) is 0 Å². The summed E-state index contributed by atoms with van der Waals surface area (Å²) in [7, 11) is 0. The van der Waals surface area contributed by atoms with Gasteiger partial charge in [-0.15, -0.1) is 0 Å². The third-order valence-corrected chi connectivity index (χ3v) is 2.08. The van der Waals surface area contributed by atoms with Crippen molar-refractivity contribution in [2.75, 3.05) is 0 Å². The van der Waals surface area contributed by atoms with Crippen LogP contribution >= 0.6 is 0 Å². The van der Waals surface area contributed by atoms with Crippen molar-refractivity contribution in [1.82, 2.24) is 21.1 Å². The summed E-state index contributed by atoms with van der Waals surface area (Å²) in [6.07, 6.45) is 0.106. The lowest BCUT2D eigenvalue weighted by molar-refractivity contribution is -0.129. The number of fused-ring (bicyclic) bond motifs is 1. The van der Waals surface area contributed by atoms with Crippen molar-refractivity contribution < 1.29 is 4.79 Å². The monoisotopic (exact) mass is 171 g/mol. The molecule has 0 radical (unpaired) electrons. The van der Waals surface area contributed by atoms with E-state index >= 15 is 0 Å². The topological polar surface area (TPSA) is 82.4 Å². The highest BCUT2D eigenvalue weighted by Gasteiger charge is 2.37. The molecule has 68 valence electrons. The second kappa shape index (κ2) is 2.67. The molecule has 2 saturated heterocycles. The number of rotatable bonds is 0. The maximum absolute atomic E-state index is 11.0. The largest absolute Gasteiger partial charge is 0.327 e. The summed E-state index contributed by atoms with van der Waals surface area (Å²) in [5.74, 6) is -0.00727. The molecule has 0 aromatic heterocycles. The SMILES string of the molecule is CC1NC2NC(=O)CC(N)N2N1. The Bertz CT molecular complexity index is 208. The molecule has 2 aliphatic rings. The highest BCUT2D eigenvalue weighted by atomic mass is 16.2. The molecule has 5 N–H and O–H groups in total. The minimum absolute atomic E-state index is 0.00727. The number of hydrogen-bond donors (Lipinski definition) is 4. The number of nitrogens with zero attached hydrogens (tertiary/aromatic N) is 1. The molecule has 2 rings (SSSR count). The predicted octanol–water partition coefficient (Wildman–Crippen LogP) is -2.17. The summed E-state index contributed by atoms with van der Waals surface area (Å²) in [5.41, 5.74) is 8.84. The van der Waals surface area contributed by atoms with Crippen LogP contribution in [0.2, 0.25) is 0 Å². The standard InChI is InChI=1S/C6H13N5O/c1-3-8-6-9-5(12)2-4(7)11(6)10-3/h3-4,6,8,10H,2,7H2,1H3,(H,9,12). The zero-order valence-corrected chi connectivity index (χ0v) is 6.87. The van der Waals surface area contributed by atoms with E-state index in [0.717, 1.165) is 0 Å². The lowest BCUT2D eigenvalue weighted by Crippen LogP contribution is -2.63. The molecule has 0 aromatic carbocycles. The van der Waals surface area contributed by atoms with Gasteiger partial charge in [-0.1, -0.05) is 0 Å². The zero-order valence-electron chi connectivity index (χ0n) is 6.87. The van der Waals surface area contributed by atoms with Gasteiger partial charge in [0, 0.05) is 0 Å². The minimum Gasteiger partial charge on any atom is -0.327 e. The fourth-order valence-corrected chi connectivity index (χ4v) is 1.55. The zero-order chi connectivity index (χ0) is 8.72. The van der Waals surface area contributed by atoms with Gasteiger partial charge >= 0.3 is 0 Å². The summed E-state index contributed by atoms with van der Waals surface area (Å²) in [4.78, 5) is 11.0. The molecule has 12 heavy (non-hydrogen) atoms. The summed E-state index contributed by atoms with van der Waals surface area (Å²) in [6, 6.07) is 0. The summed E-state index contributed by atoms with van der Waals surface area (Å²) in [6.45, 7) is 1.97. The van der Waals surface area contributed by atoms with Gasteiger partial charge in [0.15, 0.2) is 6.29 Å². The molecule has 0 saturated carbocycles.